The van der Waals surface area contributed by atoms with Gasteiger partial charge >= 0.3 is 0 Å². The van der Waals surface area contributed by atoms with Crippen molar-refractivity contribution < 1.29 is 14.7 Å². The van der Waals surface area contributed by atoms with Gasteiger partial charge in [-0.3, -0.25) is 9.59 Å². The molecule has 36 heavy (non-hydrogen) atoms. The Hall–Kier alpha value is -3.48. The van der Waals surface area contributed by atoms with E-state index in [-0.39, 0.29) is 11.8 Å². The van der Waals surface area contributed by atoms with Crippen LogP contribution in [-0.2, 0) is 17.8 Å². The van der Waals surface area contributed by atoms with Crippen molar-refractivity contribution in [2.75, 3.05) is 19.6 Å². The van der Waals surface area contributed by atoms with Crippen LogP contribution < -0.4 is 10.6 Å². The highest BCUT2D eigenvalue weighted by atomic mass is 16.3. The van der Waals surface area contributed by atoms with Gasteiger partial charge in [0, 0.05) is 38.0 Å². The molecular formula is C30H33N3O3. The van der Waals surface area contributed by atoms with Crippen LogP contribution in [-0.4, -0.2) is 47.6 Å². The molecule has 1 aliphatic heterocycles. The minimum Gasteiger partial charge on any atom is -0.390 e. The second kappa shape index (κ2) is 11.1. The Morgan fingerprint density at radius 1 is 1.00 bits per heavy atom. The minimum absolute atomic E-state index is 0.188. The van der Waals surface area contributed by atoms with Gasteiger partial charge in [-0.15, -0.1) is 0 Å². The number of nitrogens with one attached hydrogen (secondary N) is 2. The highest BCUT2D eigenvalue weighted by molar-refractivity contribution is 5.95. The Kier molecular flexibility index (Phi) is 7.44. The molecule has 1 fully saturated rings. The molecule has 3 N–H and O–H groups in total. The summed E-state index contributed by atoms with van der Waals surface area (Å²) in [6.07, 6.45) is 2.48. The van der Waals surface area contributed by atoms with Gasteiger partial charge < -0.3 is 20.6 Å². The predicted molar refractivity (Wildman–Crippen MR) is 140 cm³/mol. The summed E-state index contributed by atoms with van der Waals surface area (Å²) < 4.78 is 0. The average Bonchev–Trinajstić information content (AvgIpc) is 3.46. The maximum absolute atomic E-state index is 13.0. The first-order chi connectivity index (χ1) is 17.6. The third-order valence-corrected chi connectivity index (χ3v) is 7.18. The number of hydrogen-bond donors (Lipinski definition) is 3. The molecule has 6 heteroatoms. The molecule has 2 aliphatic rings. The summed E-state index contributed by atoms with van der Waals surface area (Å²) in [6, 6.07) is 23.4. The van der Waals surface area contributed by atoms with Crippen LogP contribution in [0.5, 0.6) is 0 Å². The molecule has 0 spiro atoms. The Morgan fingerprint density at radius 3 is 2.53 bits per heavy atom. The van der Waals surface area contributed by atoms with E-state index in [1.807, 2.05) is 59.5 Å². The maximum atomic E-state index is 13.0. The topological polar surface area (TPSA) is 81.7 Å². The molecule has 0 aromatic heterocycles. The van der Waals surface area contributed by atoms with Crippen molar-refractivity contribution in [1.29, 1.82) is 0 Å². The lowest BCUT2D eigenvalue weighted by atomic mass is 10.0. The van der Waals surface area contributed by atoms with Crippen molar-refractivity contribution in [2.45, 2.75) is 44.4 Å². The van der Waals surface area contributed by atoms with E-state index in [0.717, 1.165) is 60.3 Å². The largest absolute Gasteiger partial charge is 0.390 e. The first kappa shape index (κ1) is 24.2. The van der Waals surface area contributed by atoms with Gasteiger partial charge in [0.1, 0.15) is 0 Å². The lowest BCUT2D eigenvalue weighted by Crippen LogP contribution is -2.33. The van der Waals surface area contributed by atoms with Crippen molar-refractivity contribution in [3.05, 3.63) is 95.1 Å². The number of likely N-dealkylation sites (tertiary alicyclic amines) is 1. The Balaban J connectivity index is 1.17. The molecular weight excluding hydrogens is 450 g/mol. The van der Waals surface area contributed by atoms with Gasteiger partial charge in [-0.05, 0) is 59.3 Å². The predicted octanol–water partition coefficient (Wildman–Crippen LogP) is 3.84. The van der Waals surface area contributed by atoms with E-state index in [0.29, 0.717) is 24.9 Å². The molecule has 2 amide bonds. The number of benzene rings is 3. The molecule has 0 bridgehead atoms. The zero-order valence-electron chi connectivity index (χ0n) is 20.5. The van der Waals surface area contributed by atoms with Crippen LogP contribution in [0.1, 0.15) is 52.4 Å². The summed E-state index contributed by atoms with van der Waals surface area (Å²) >= 11 is 0. The number of carbonyl (C=O) groups excluding carboxylic acids is 2. The third kappa shape index (κ3) is 5.50. The number of amides is 2. The highest BCUT2D eigenvalue weighted by Gasteiger charge is 2.32. The van der Waals surface area contributed by atoms with Crippen LogP contribution in [0, 0.1) is 0 Å². The Labute approximate surface area is 212 Å². The summed E-state index contributed by atoms with van der Waals surface area (Å²) in [4.78, 5) is 26.7. The van der Waals surface area contributed by atoms with Gasteiger partial charge in [-0.1, -0.05) is 60.7 Å². The molecule has 0 radical (unpaired) electrons. The van der Waals surface area contributed by atoms with Crippen LogP contribution in [0.25, 0.3) is 11.1 Å². The monoisotopic (exact) mass is 483 g/mol. The fourth-order valence-corrected chi connectivity index (χ4v) is 5.19. The number of aliphatic hydroxyl groups is 1. The van der Waals surface area contributed by atoms with E-state index in [1.54, 1.807) is 0 Å². The second-order valence-corrected chi connectivity index (χ2v) is 9.71. The van der Waals surface area contributed by atoms with Crippen LogP contribution in [0.15, 0.2) is 72.8 Å². The smallest absolute Gasteiger partial charge is 0.251 e. The van der Waals surface area contributed by atoms with Gasteiger partial charge in [0.05, 0.1) is 12.1 Å². The number of aliphatic hydroxyl groups excluding tert-OH is 1. The van der Waals surface area contributed by atoms with Crippen LogP contribution in [0.4, 0.5) is 0 Å². The normalized spacial score (nSPS) is 18.9. The highest BCUT2D eigenvalue weighted by Crippen LogP contribution is 2.33. The lowest BCUT2D eigenvalue weighted by molar-refractivity contribution is -0.127. The van der Waals surface area contributed by atoms with Crippen molar-refractivity contribution in [2.24, 2.45) is 0 Å². The number of nitrogens with zero attached hydrogens (tertiary/aromatic N) is 1. The van der Waals surface area contributed by atoms with Crippen molar-refractivity contribution in [3.63, 3.8) is 0 Å². The van der Waals surface area contributed by atoms with Gasteiger partial charge in [0.15, 0.2) is 0 Å². The molecule has 1 aliphatic carbocycles. The maximum Gasteiger partial charge on any atom is 0.251 e. The number of hydrogen-bond acceptors (Lipinski definition) is 4. The molecule has 1 heterocycles. The van der Waals surface area contributed by atoms with Crippen molar-refractivity contribution >= 4 is 11.8 Å². The lowest BCUT2D eigenvalue weighted by Gasteiger charge is -2.19. The fraction of sp³-hybridized carbons (Fsp3) is 0.333. The fourth-order valence-electron chi connectivity index (χ4n) is 5.19. The summed E-state index contributed by atoms with van der Waals surface area (Å²) in [5.41, 5.74) is 5.91. The van der Waals surface area contributed by atoms with Crippen LogP contribution >= 0.6 is 0 Å². The number of carbonyl (C=O) groups is 2. The molecule has 3 aromatic carbocycles. The molecule has 1 saturated heterocycles. The van der Waals surface area contributed by atoms with Crippen molar-refractivity contribution in [1.82, 2.24) is 15.5 Å². The average molecular weight is 484 g/mol. The van der Waals surface area contributed by atoms with Crippen LogP contribution in [0.2, 0.25) is 0 Å². The van der Waals surface area contributed by atoms with Crippen LogP contribution in [0.3, 0.4) is 0 Å². The third-order valence-electron chi connectivity index (χ3n) is 7.18. The first-order valence-corrected chi connectivity index (χ1v) is 12.8. The molecule has 0 unspecified atom stereocenters. The van der Waals surface area contributed by atoms with E-state index >= 15 is 0 Å². The van der Waals surface area contributed by atoms with Gasteiger partial charge in [0.25, 0.3) is 5.91 Å². The summed E-state index contributed by atoms with van der Waals surface area (Å²) in [7, 11) is 0. The zero-order valence-corrected chi connectivity index (χ0v) is 20.5. The Bertz CT molecular complexity index is 1210. The van der Waals surface area contributed by atoms with E-state index in [4.69, 9.17) is 0 Å². The van der Waals surface area contributed by atoms with Gasteiger partial charge in [-0.2, -0.15) is 0 Å². The molecule has 0 saturated carbocycles. The summed E-state index contributed by atoms with van der Waals surface area (Å²) in [6.45, 7) is 3.24. The molecule has 2 atom stereocenters. The SMILES string of the molecule is O=C(N[C@@H]1c2cc(CNCCCN3CCCC3=O)ccc2C[C@H]1O)c1ccc(-c2ccccc2)cc1. The van der Waals surface area contributed by atoms with Gasteiger partial charge in [-0.25, -0.2) is 0 Å². The first-order valence-electron chi connectivity index (χ1n) is 12.8. The summed E-state index contributed by atoms with van der Waals surface area (Å²) in [5, 5.41) is 17.2. The molecule has 5 rings (SSSR count). The molecule has 3 aromatic rings. The number of rotatable bonds is 9. The standard InChI is InChI=1S/C30H33N3O3/c34-27-19-25-10-9-21(20-31-15-5-17-33-16-4-8-28(33)35)18-26(25)29(27)32-30(36)24-13-11-23(12-14-24)22-6-2-1-3-7-22/h1-3,6-7,9-14,18,27,29,31,34H,4-5,8,15-17,19-20H2,(H,32,36)/t27-,29-/m1/s1. The van der Waals surface area contributed by atoms with E-state index in [2.05, 4.69) is 28.8 Å². The van der Waals surface area contributed by atoms with E-state index < -0.39 is 12.1 Å². The van der Waals surface area contributed by atoms with E-state index in [1.165, 1.54) is 0 Å². The quantitative estimate of drug-likeness (QED) is 0.404. The van der Waals surface area contributed by atoms with Gasteiger partial charge in [0.2, 0.25) is 5.91 Å². The second-order valence-electron chi connectivity index (χ2n) is 9.71. The number of fused-ring (bicyclic) bond motifs is 1. The summed E-state index contributed by atoms with van der Waals surface area (Å²) in [5.74, 6) is 0.0823. The van der Waals surface area contributed by atoms with Crippen molar-refractivity contribution in [3.8, 4) is 11.1 Å². The Morgan fingerprint density at radius 2 is 1.78 bits per heavy atom. The molecule has 6 nitrogen and oxygen atoms in total. The molecule has 186 valence electrons. The minimum atomic E-state index is -0.645. The van der Waals surface area contributed by atoms with E-state index in [9.17, 15) is 14.7 Å². The zero-order chi connectivity index (χ0) is 24.9.